The Hall–Kier alpha value is -1.04. The molecule has 0 aliphatic heterocycles. The molecule has 1 aromatic carbocycles. The van der Waals surface area contributed by atoms with Crippen molar-refractivity contribution in [3.05, 3.63) is 48.0 Å². The number of allylic oxidation sites excluding steroid dienone is 1. The number of benzene rings is 1. The summed E-state index contributed by atoms with van der Waals surface area (Å²) >= 11 is 0. The summed E-state index contributed by atoms with van der Waals surface area (Å²) in [6.45, 7) is 7.64. The minimum Gasteiger partial charge on any atom is -0.0845 e. The molecule has 0 saturated heterocycles. The number of rotatable bonds is 11. The maximum Gasteiger partial charge on any atom is -0.0279 e. The van der Waals surface area contributed by atoms with E-state index in [9.17, 15) is 0 Å². The molecule has 0 aromatic heterocycles. The number of hydrogen-bond donors (Lipinski definition) is 0. The van der Waals surface area contributed by atoms with Crippen LogP contribution in [0.25, 0.3) is 0 Å². The minimum atomic E-state index is 1.05. The average Bonchev–Trinajstić information content (AvgIpc) is 2.45. The zero-order valence-electron chi connectivity index (χ0n) is 12.5. The largest absolute Gasteiger partial charge is 0.0845 e. The standard InChI is InChI=1S/C19H29/c1-3-5-7-9-11-13-19-16-14-18(15-17-19)12-10-8-6-4-2/h1,3,14-17H,4-13H2,2H3. The fourth-order valence-corrected chi connectivity index (χ4v) is 2.40. The van der Waals surface area contributed by atoms with Gasteiger partial charge < -0.3 is 0 Å². The molecule has 1 rings (SSSR count). The lowest BCUT2D eigenvalue weighted by atomic mass is 10.0. The third-order valence-electron chi connectivity index (χ3n) is 3.68. The monoisotopic (exact) mass is 257 g/mol. The number of hydrogen-bond acceptors (Lipinski definition) is 0. The van der Waals surface area contributed by atoms with Gasteiger partial charge in [-0.15, -0.1) is 0 Å². The van der Waals surface area contributed by atoms with Crippen LogP contribution >= 0.6 is 0 Å². The molecule has 19 heavy (non-hydrogen) atoms. The van der Waals surface area contributed by atoms with Gasteiger partial charge in [0.2, 0.25) is 0 Å². The van der Waals surface area contributed by atoms with Gasteiger partial charge in [-0.05, 0) is 49.7 Å². The van der Waals surface area contributed by atoms with Crippen LogP contribution in [0, 0.1) is 6.58 Å². The predicted molar refractivity (Wildman–Crippen MR) is 85.3 cm³/mol. The van der Waals surface area contributed by atoms with Crippen LogP contribution in [-0.2, 0) is 12.8 Å². The zero-order chi connectivity index (χ0) is 13.8. The maximum absolute atomic E-state index is 5.37. The fraction of sp³-hybridized carbons (Fsp3) is 0.579. The van der Waals surface area contributed by atoms with Crippen LogP contribution in [0.4, 0.5) is 0 Å². The van der Waals surface area contributed by atoms with Crippen molar-refractivity contribution in [3.8, 4) is 0 Å². The molecule has 0 saturated carbocycles. The van der Waals surface area contributed by atoms with Crippen molar-refractivity contribution in [2.24, 2.45) is 0 Å². The number of unbranched alkanes of at least 4 members (excludes halogenated alkanes) is 6. The Bertz CT molecular complexity index is 320. The van der Waals surface area contributed by atoms with E-state index in [2.05, 4.69) is 31.2 Å². The first-order chi connectivity index (χ1) is 9.36. The molecule has 0 spiro atoms. The first-order valence-corrected chi connectivity index (χ1v) is 7.98. The fourth-order valence-electron chi connectivity index (χ4n) is 2.40. The molecule has 0 heteroatoms. The van der Waals surface area contributed by atoms with Crippen LogP contribution in [0.2, 0.25) is 0 Å². The van der Waals surface area contributed by atoms with E-state index >= 15 is 0 Å². The molecule has 1 radical (unpaired) electrons. The summed E-state index contributed by atoms with van der Waals surface area (Å²) in [5.74, 6) is 0. The summed E-state index contributed by atoms with van der Waals surface area (Å²) in [7, 11) is 0. The average molecular weight is 257 g/mol. The van der Waals surface area contributed by atoms with Crippen LogP contribution in [0.1, 0.15) is 69.4 Å². The van der Waals surface area contributed by atoms with Crippen molar-refractivity contribution in [3.63, 3.8) is 0 Å². The van der Waals surface area contributed by atoms with E-state index < -0.39 is 0 Å². The highest BCUT2D eigenvalue weighted by molar-refractivity contribution is 5.22. The summed E-state index contributed by atoms with van der Waals surface area (Å²) in [4.78, 5) is 0. The molecule has 0 heterocycles. The van der Waals surface area contributed by atoms with E-state index in [-0.39, 0.29) is 0 Å². The van der Waals surface area contributed by atoms with Gasteiger partial charge >= 0.3 is 0 Å². The van der Waals surface area contributed by atoms with Crippen LogP contribution in [-0.4, -0.2) is 0 Å². The lowest BCUT2D eigenvalue weighted by molar-refractivity contribution is 0.666. The van der Waals surface area contributed by atoms with Gasteiger partial charge in [0.25, 0.3) is 0 Å². The quantitative estimate of drug-likeness (QED) is 0.433. The van der Waals surface area contributed by atoms with Gasteiger partial charge in [0, 0.05) is 0 Å². The summed E-state index contributed by atoms with van der Waals surface area (Å²) in [5, 5.41) is 0. The van der Waals surface area contributed by atoms with Crippen molar-refractivity contribution in [2.75, 3.05) is 0 Å². The molecule has 0 N–H and O–H groups in total. The van der Waals surface area contributed by atoms with Crippen molar-refractivity contribution < 1.29 is 0 Å². The van der Waals surface area contributed by atoms with Crippen LogP contribution in [0.15, 0.2) is 30.3 Å². The predicted octanol–water partition coefficient (Wildman–Crippen LogP) is 5.90. The summed E-state index contributed by atoms with van der Waals surface area (Å²) in [5.41, 5.74) is 2.98. The smallest absolute Gasteiger partial charge is 0.0279 e. The Morgan fingerprint density at radius 3 is 1.79 bits per heavy atom. The second kappa shape index (κ2) is 10.8. The molecule has 0 unspecified atom stereocenters. The molecule has 0 atom stereocenters. The first kappa shape index (κ1) is 16.0. The molecular weight excluding hydrogens is 228 g/mol. The van der Waals surface area contributed by atoms with Gasteiger partial charge in [-0.2, -0.15) is 0 Å². The third-order valence-corrected chi connectivity index (χ3v) is 3.68. The highest BCUT2D eigenvalue weighted by atomic mass is 14.0. The van der Waals surface area contributed by atoms with Gasteiger partial charge in [-0.1, -0.05) is 69.5 Å². The van der Waals surface area contributed by atoms with Crippen molar-refractivity contribution in [1.82, 2.24) is 0 Å². The van der Waals surface area contributed by atoms with Gasteiger partial charge in [-0.25, -0.2) is 0 Å². The Balaban J connectivity index is 2.17. The van der Waals surface area contributed by atoms with Crippen LogP contribution < -0.4 is 0 Å². The number of aryl methyl sites for hydroxylation is 2. The molecule has 0 aliphatic carbocycles. The maximum atomic E-state index is 5.37. The van der Waals surface area contributed by atoms with E-state index in [4.69, 9.17) is 6.58 Å². The molecule has 0 amide bonds. The molecule has 1 aromatic rings. The normalized spacial score (nSPS) is 10.6. The highest BCUT2D eigenvalue weighted by Crippen LogP contribution is 2.12. The topological polar surface area (TPSA) is 0 Å². The lowest BCUT2D eigenvalue weighted by Gasteiger charge is -2.04. The summed E-state index contributed by atoms with van der Waals surface area (Å²) in [6.07, 6.45) is 14.5. The molecular formula is C19H29. The van der Waals surface area contributed by atoms with Gasteiger partial charge in [0.05, 0.1) is 0 Å². The summed E-state index contributed by atoms with van der Waals surface area (Å²) < 4.78 is 0. The Kier molecular flexibility index (Phi) is 9.14. The lowest BCUT2D eigenvalue weighted by Crippen LogP contribution is -1.89. The third kappa shape index (κ3) is 7.87. The second-order valence-corrected chi connectivity index (χ2v) is 5.46. The Labute approximate surface area is 119 Å². The molecule has 0 nitrogen and oxygen atoms in total. The summed E-state index contributed by atoms with van der Waals surface area (Å²) in [6, 6.07) is 9.25. The zero-order valence-corrected chi connectivity index (χ0v) is 12.5. The molecule has 0 aliphatic rings. The van der Waals surface area contributed by atoms with E-state index in [0.717, 1.165) is 6.42 Å². The van der Waals surface area contributed by atoms with E-state index in [1.807, 2.05) is 0 Å². The second-order valence-electron chi connectivity index (χ2n) is 5.46. The van der Waals surface area contributed by atoms with Crippen molar-refractivity contribution in [1.29, 1.82) is 0 Å². The molecule has 105 valence electrons. The molecule has 0 fully saturated rings. The Morgan fingerprint density at radius 2 is 1.32 bits per heavy atom. The van der Waals surface area contributed by atoms with Crippen molar-refractivity contribution >= 4 is 0 Å². The first-order valence-electron chi connectivity index (χ1n) is 7.98. The van der Waals surface area contributed by atoms with Gasteiger partial charge in [0.1, 0.15) is 0 Å². The minimum absolute atomic E-state index is 1.05. The van der Waals surface area contributed by atoms with Crippen LogP contribution in [0.5, 0.6) is 0 Å². The van der Waals surface area contributed by atoms with Crippen molar-refractivity contribution in [2.45, 2.75) is 71.1 Å². The van der Waals surface area contributed by atoms with Gasteiger partial charge in [-0.3, -0.25) is 0 Å². The Morgan fingerprint density at radius 1 is 0.789 bits per heavy atom. The van der Waals surface area contributed by atoms with Gasteiger partial charge in [0.15, 0.2) is 0 Å². The molecule has 0 bridgehead atoms. The highest BCUT2D eigenvalue weighted by Gasteiger charge is 1.96. The van der Waals surface area contributed by atoms with Crippen LogP contribution in [0.3, 0.4) is 0 Å². The van der Waals surface area contributed by atoms with E-state index in [1.165, 1.54) is 68.9 Å². The van der Waals surface area contributed by atoms with E-state index in [1.54, 1.807) is 6.08 Å². The van der Waals surface area contributed by atoms with E-state index in [0.29, 0.717) is 0 Å². The SMILES string of the molecule is [CH]=CCCCCCc1ccc(CCCCCC)cc1.